The van der Waals surface area contributed by atoms with E-state index in [-0.39, 0.29) is 0 Å². The zero-order valence-corrected chi connectivity index (χ0v) is 14.6. The van der Waals surface area contributed by atoms with E-state index in [1.165, 1.54) is 5.56 Å². The Morgan fingerprint density at radius 1 is 1.14 bits per heavy atom. The lowest BCUT2D eigenvalue weighted by Gasteiger charge is -2.46. The highest BCUT2D eigenvalue weighted by Gasteiger charge is 2.35. The van der Waals surface area contributed by atoms with Crippen molar-refractivity contribution in [2.24, 2.45) is 11.8 Å². The van der Waals surface area contributed by atoms with Crippen molar-refractivity contribution in [1.29, 1.82) is 0 Å². The predicted octanol–water partition coefficient (Wildman–Crippen LogP) is 3.31. The van der Waals surface area contributed by atoms with E-state index < -0.39 is 0 Å². The lowest BCUT2D eigenvalue weighted by molar-refractivity contribution is 0.0506. The third-order valence-electron chi connectivity index (χ3n) is 5.00. The maximum Gasteiger partial charge on any atom is 0.138 e. The third kappa shape index (κ3) is 3.32. The zero-order valence-electron chi connectivity index (χ0n) is 14.6. The Labute approximate surface area is 129 Å². The van der Waals surface area contributed by atoms with Crippen LogP contribution in [0.3, 0.4) is 0 Å². The van der Waals surface area contributed by atoms with Crippen LogP contribution < -0.4 is 5.32 Å². The van der Waals surface area contributed by atoms with Crippen LogP contribution in [0.4, 0.5) is 0 Å². The lowest BCUT2D eigenvalue weighted by atomic mass is 9.91. The van der Waals surface area contributed by atoms with E-state index in [4.69, 9.17) is 4.52 Å². The number of aryl methyl sites for hydroxylation is 2. The van der Waals surface area contributed by atoms with Crippen molar-refractivity contribution >= 4 is 0 Å². The summed E-state index contributed by atoms with van der Waals surface area (Å²) in [7, 11) is 0. The van der Waals surface area contributed by atoms with E-state index in [1.807, 2.05) is 6.92 Å². The van der Waals surface area contributed by atoms with Crippen molar-refractivity contribution in [3.63, 3.8) is 0 Å². The summed E-state index contributed by atoms with van der Waals surface area (Å²) in [6.45, 7) is 17.8. The minimum atomic E-state index is 0.354. The van der Waals surface area contributed by atoms with Gasteiger partial charge in [0.15, 0.2) is 0 Å². The summed E-state index contributed by atoms with van der Waals surface area (Å²) >= 11 is 0. The average molecular weight is 293 g/mol. The van der Waals surface area contributed by atoms with Crippen LogP contribution >= 0.6 is 0 Å². The fourth-order valence-electron chi connectivity index (χ4n) is 3.58. The van der Waals surface area contributed by atoms with Crippen molar-refractivity contribution in [3.05, 3.63) is 17.0 Å². The van der Waals surface area contributed by atoms with Gasteiger partial charge in [-0.3, -0.25) is 4.90 Å². The first kappa shape index (κ1) is 16.5. The average Bonchev–Trinajstić information content (AvgIpc) is 2.76. The minimum Gasteiger partial charge on any atom is -0.361 e. The van der Waals surface area contributed by atoms with Crippen molar-refractivity contribution in [2.75, 3.05) is 13.1 Å². The molecule has 1 N–H and O–H groups in total. The van der Waals surface area contributed by atoms with Gasteiger partial charge in [-0.05, 0) is 32.6 Å². The smallest absolute Gasteiger partial charge is 0.138 e. The summed E-state index contributed by atoms with van der Waals surface area (Å²) in [5, 5.41) is 7.87. The number of piperazine rings is 1. The van der Waals surface area contributed by atoms with Gasteiger partial charge in [0, 0.05) is 36.8 Å². The molecule has 3 unspecified atom stereocenters. The van der Waals surface area contributed by atoms with Crippen LogP contribution in [0.25, 0.3) is 0 Å². The lowest BCUT2D eigenvalue weighted by Crippen LogP contribution is -2.60. The van der Waals surface area contributed by atoms with Gasteiger partial charge in [0.1, 0.15) is 5.76 Å². The van der Waals surface area contributed by atoms with Crippen LogP contribution in [0.1, 0.15) is 57.7 Å². The summed E-state index contributed by atoms with van der Waals surface area (Å²) in [5.74, 6) is 2.24. The number of aromatic nitrogens is 1. The highest BCUT2D eigenvalue weighted by atomic mass is 16.5. The Balaban J connectivity index is 2.27. The second kappa shape index (κ2) is 6.49. The maximum atomic E-state index is 5.38. The zero-order chi connectivity index (χ0) is 15.7. The molecule has 0 bridgehead atoms. The number of nitrogens with zero attached hydrogens (tertiary/aromatic N) is 2. The van der Waals surface area contributed by atoms with Crippen LogP contribution in [0, 0.1) is 25.7 Å². The van der Waals surface area contributed by atoms with Crippen molar-refractivity contribution in [2.45, 2.75) is 66.6 Å². The molecule has 21 heavy (non-hydrogen) atoms. The van der Waals surface area contributed by atoms with Gasteiger partial charge < -0.3 is 9.84 Å². The van der Waals surface area contributed by atoms with E-state index in [9.17, 15) is 0 Å². The monoisotopic (exact) mass is 293 g/mol. The van der Waals surface area contributed by atoms with Crippen molar-refractivity contribution in [1.82, 2.24) is 15.4 Å². The Morgan fingerprint density at radius 3 is 2.29 bits per heavy atom. The molecule has 1 aliphatic heterocycles. The Kier molecular flexibility index (Phi) is 5.10. The Hall–Kier alpha value is -0.870. The first-order chi connectivity index (χ1) is 9.82. The second-order valence-corrected chi connectivity index (χ2v) is 7.18. The van der Waals surface area contributed by atoms with Crippen LogP contribution in [0.2, 0.25) is 0 Å². The van der Waals surface area contributed by atoms with E-state index in [0.717, 1.165) is 24.5 Å². The molecule has 2 heterocycles. The largest absolute Gasteiger partial charge is 0.361 e. The van der Waals surface area contributed by atoms with Gasteiger partial charge in [0.2, 0.25) is 0 Å². The molecule has 4 nitrogen and oxygen atoms in total. The topological polar surface area (TPSA) is 41.3 Å². The SMILES string of the molecule is Cc1noc(C)c1C(C)N1CC(C(C)C)NCC1C(C)C. The van der Waals surface area contributed by atoms with Gasteiger partial charge in [-0.2, -0.15) is 0 Å². The van der Waals surface area contributed by atoms with Gasteiger partial charge in [0.25, 0.3) is 0 Å². The highest BCUT2D eigenvalue weighted by molar-refractivity contribution is 5.25. The second-order valence-electron chi connectivity index (χ2n) is 7.18. The van der Waals surface area contributed by atoms with Gasteiger partial charge in [-0.15, -0.1) is 0 Å². The first-order valence-corrected chi connectivity index (χ1v) is 8.24. The molecule has 4 heteroatoms. The maximum absolute atomic E-state index is 5.38. The van der Waals surface area contributed by atoms with Crippen molar-refractivity contribution in [3.8, 4) is 0 Å². The molecule has 1 aromatic heterocycles. The molecular weight excluding hydrogens is 262 g/mol. The standard InChI is InChI=1S/C17H31N3O/c1-10(2)15-9-20(16(8-18-15)11(3)4)13(6)17-12(5)19-21-14(17)7/h10-11,13,15-16,18H,8-9H2,1-7H3. The molecule has 120 valence electrons. The minimum absolute atomic E-state index is 0.354. The summed E-state index contributed by atoms with van der Waals surface area (Å²) < 4.78 is 5.38. The van der Waals surface area contributed by atoms with E-state index >= 15 is 0 Å². The van der Waals surface area contributed by atoms with E-state index in [0.29, 0.717) is 30.0 Å². The van der Waals surface area contributed by atoms with Crippen molar-refractivity contribution < 1.29 is 4.52 Å². The van der Waals surface area contributed by atoms with Crippen LogP contribution in [-0.4, -0.2) is 35.2 Å². The molecule has 0 radical (unpaired) electrons. The summed E-state index contributed by atoms with van der Waals surface area (Å²) in [6.07, 6.45) is 0. The quantitative estimate of drug-likeness (QED) is 0.925. The molecule has 1 aromatic rings. The normalized spacial score (nSPS) is 25.8. The molecule has 0 aliphatic carbocycles. The summed E-state index contributed by atoms with van der Waals surface area (Å²) in [4.78, 5) is 2.65. The fraction of sp³-hybridized carbons (Fsp3) is 0.824. The number of hydrogen-bond acceptors (Lipinski definition) is 4. The van der Waals surface area contributed by atoms with E-state index in [2.05, 4.69) is 56.9 Å². The van der Waals surface area contributed by atoms with Crippen LogP contribution in [0.5, 0.6) is 0 Å². The number of nitrogens with one attached hydrogen (secondary N) is 1. The molecule has 1 fully saturated rings. The van der Waals surface area contributed by atoms with Crippen LogP contribution in [0.15, 0.2) is 4.52 Å². The summed E-state index contributed by atoms with van der Waals surface area (Å²) in [6, 6.07) is 1.47. The van der Waals surface area contributed by atoms with Gasteiger partial charge in [0.05, 0.1) is 5.69 Å². The molecule has 3 atom stereocenters. The Morgan fingerprint density at radius 2 is 1.81 bits per heavy atom. The van der Waals surface area contributed by atoms with Gasteiger partial charge >= 0.3 is 0 Å². The van der Waals surface area contributed by atoms with E-state index in [1.54, 1.807) is 0 Å². The molecule has 0 aromatic carbocycles. The van der Waals surface area contributed by atoms with Crippen LogP contribution in [-0.2, 0) is 0 Å². The predicted molar refractivity (Wildman–Crippen MR) is 86.4 cm³/mol. The fourth-order valence-corrected chi connectivity index (χ4v) is 3.58. The first-order valence-electron chi connectivity index (χ1n) is 8.24. The summed E-state index contributed by atoms with van der Waals surface area (Å²) in [5.41, 5.74) is 2.30. The molecule has 1 aliphatic rings. The number of rotatable bonds is 4. The highest BCUT2D eigenvalue weighted by Crippen LogP contribution is 2.32. The Bertz CT molecular complexity index is 447. The molecular formula is C17H31N3O. The molecule has 2 rings (SSSR count). The molecule has 1 saturated heterocycles. The molecule has 0 amide bonds. The molecule has 0 saturated carbocycles. The van der Waals surface area contributed by atoms with Gasteiger partial charge in [-0.1, -0.05) is 32.9 Å². The molecule has 0 spiro atoms. The van der Waals surface area contributed by atoms with Gasteiger partial charge in [-0.25, -0.2) is 0 Å². The number of hydrogen-bond donors (Lipinski definition) is 1. The third-order valence-corrected chi connectivity index (χ3v) is 5.00.